The summed E-state index contributed by atoms with van der Waals surface area (Å²) in [5, 5.41) is 25.6. The highest BCUT2D eigenvalue weighted by atomic mass is 16.6. The van der Waals surface area contributed by atoms with Gasteiger partial charge >= 0.3 is 0 Å². The first-order valence-electron chi connectivity index (χ1n) is 13.9. The van der Waals surface area contributed by atoms with Gasteiger partial charge in [0.1, 0.15) is 25.6 Å². The molecule has 0 fully saturated rings. The number of hydrogen-bond acceptors (Lipinski definition) is 7. The molecule has 4 aromatic rings. The van der Waals surface area contributed by atoms with Gasteiger partial charge in [-0.2, -0.15) is 5.26 Å². The molecular weight excluding hydrogens is 514 g/mol. The quantitative estimate of drug-likeness (QED) is 0.212. The van der Waals surface area contributed by atoms with Gasteiger partial charge < -0.3 is 30.0 Å². The van der Waals surface area contributed by atoms with E-state index < -0.39 is 0 Å². The van der Waals surface area contributed by atoms with Gasteiger partial charge in [0.2, 0.25) is 0 Å². The Hall–Kier alpha value is -4.51. The summed E-state index contributed by atoms with van der Waals surface area (Å²) >= 11 is 0. The molecule has 1 aliphatic heterocycles. The summed E-state index contributed by atoms with van der Waals surface area (Å²) in [6.07, 6.45) is 0. The van der Waals surface area contributed by atoms with Crippen LogP contribution in [0.3, 0.4) is 0 Å². The highest BCUT2D eigenvalue weighted by Crippen LogP contribution is 2.36. The summed E-state index contributed by atoms with van der Waals surface area (Å²) in [5.41, 5.74) is 8.10. The lowest BCUT2D eigenvalue weighted by Crippen LogP contribution is -2.28. The van der Waals surface area contributed by atoms with Crippen LogP contribution in [-0.2, 0) is 19.7 Å². The molecule has 210 valence electrons. The topological polar surface area (TPSA) is 95.8 Å². The molecule has 4 aromatic carbocycles. The van der Waals surface area contributed by atoms with E-state index in [1.165, 1.54) is 11.1 Å². The Bertz CT molecular complexity index is 1550. The molecule has 0 spiro atoms. The number of nitrogens with one attached hydrogen (secondary N) is 2. The fourth-order valence-corrected chi connectivity index (χ4v) is 4.78. The Balaban J connectivity index is 1.33. The first-order chi connectivity index (χ1) is 20.0. The Kier molecular flexibility index (Phi) is 9.05. The number of aliphatic hydroxyl groups excluding tert-OH is 1. The predicted molar refractivity (Wildman–Crippen MR) is 160 cm³/mol. The van der Waals surface area contributed by atoms with Crippen LogP contribution in [0.1, 0.15) is 34.7 Å². The molecule has 0 saturated heterocycles. The zero-order valence-corrected chi connectivity index (χ0v) is 23.4. The minimum Gasteiger partial charge on any atom is -0.488 e. The van der Waals surface area contributed by atoms with Gasteiger partial charge in [-0.05, 0) is 72.0 Å². The van der Waals surface area contributed by atoms with Gasteiger partial charge in [0.05, 0.1) is 18.2 Å². The van der Waals surface area contributed by atoms with E-state index in [-0.39, 0.29) is 12.6 Å². The number of benzene rings is 4. The lowest BCUT2D eigenvalue weighted by molar-refractivity contribution is 0.171. The van der Waals surface area contributed by atoms with Crippen LogP contribution in [0.5, 0.6) is 17.2 Å². The average molecular weight is 550 g/mol. The fraction of sp³-hybridized carbons (Fsp3) is 0.265. The van der Waals surface area contributed by atoms with Crippen LogP contribution in [0.25, 0.3) is 11.1 Å². The second-order valence-corrected chi connectivity index (χ2v) is 10.2. The molecule has 41 heavy (non-hydrogen) atoms. The highest BCUT2D eigenvalue weighted by Gasteiger charge is 2.15. The second kappa shape index (κ2) is 13.2. The number of nitrogens with zero attached hydrogens (tertiary/aromatic N) is 1. The molecule has 0 aromatic heterocycles. The molecule has 0 bridgehead atoms. The lowest BCUT2D eigenvalue weighted by atomic mass is 9.96. The fourth-order valence-electron chi connectivity index (χ4n) is 4.78. The van der Waals surface area contributed by atoms with Crippen molar-refractivity contribution in [3.05, 3.63) is 107 Å². The van der Waals surface area contributed by atoms with Crippen LogP contribution in [-0.4, -0.2) is 31.0 Å². The molecule has 0 radical (unpaired) electrons. The Morgan fingerprint density at radius 1 is 0.927 bits per heavy atom. The predicted octanol–water partition coefficient (Wildman–Crippen LogP) is 5.97. The van der Waals surface area contributed by atoms with Crippen LogP contribution in [0.4, 0.5) is 5.69 Å². The molecule has 5 rings (SSSR count). The summed E-state index contributed by atoms with van der Waals surface area (Å²) in [6.45, 7) is 6.83. The first-order valence-corrected chi connectivity index (χ1v) is 13.9. The van der Waals surface area contributed by atoms with E-state index in [1.54, 1.807) is 6.07 Å². The van der Waals surface area contributed by atoms with E-state index in [0.29, 0.717) is 38.5 Å². The van der Waals surface area contributed by atoms with E-state index >= 15 is 0 Å². The van der Waals surface area contributed by atoms with Crippen molar-refractivity contribution >= 4 is 5.69 Å². The van der Waals surface area contributed by atoms with Crippen molar-refractivity contribution in [1.82, 2.24) is 5.32 Å². The molecule has 7 nitrogen and oxygen atoms in total. The van der Waals surface area contributed by atoms with Crippen molar-refractivity contribution in [3.63, 3.8) is 0 Å². The third-order valence-corrected chi connectivity index (χ3v) is 7.21. The van der Waals surface area contributed by atoms with E-state index in [4.69, 9.17) is 14.2 Å². The SMILES string of the molecule is Cc1c(CNc2ccc(CN[C@@H](C)CO)c(OCc3cccc(C#N)c3)c2)cccc1-c1ccc2c(c1)OCCO2. The average Bonchev–Trinajstić information content (AvgIpc) is 3.02. The number of hydrogen-bond donors (Lipinski definition) is 3. The van der Waals surface area contributed by atoms with E-state index in [1.807, 2.05) is 55.5 Å². The van der Waals surface area contributed by atoms with Gasteiger partial charge in [-0.25, -0.2) is 0 Å². The van der Waals surface area contributed by atoms with Crippen molar-refractivity contribution in [2.75, 3.05) is 25.1 Å². The molecule has 1 aliphatic rings. The third kappa shape index (κ3) is 6.98. The minimum atomic E-state index is -0.0302. The first kappa shape index (κ1) is 28.0. The van der Waals surface area contributed by atoms with Gasteiger partial charge in [0.25, 0.3) is 0 Å². The van der Waals surface area contributed by atoms with E-state index in [9.17, 15) is 10.4 Å². The number of aliphatic hydroxyl groups is 1. The molecule has 0 unspecified atom stereocenters. The Morgan fingerprint density at radius 2 is 1.76 bits per heavy atom. The number of fused-ring (bicyclic) bond motifs is 1. The number of rotatable bonds is 11. The highest BCUT2D eigenvalue weighted by molar-refractivity contribution is 5.71. The summed E-state index contributed by atoms with van der Waals surface area (Å²) < 4.78 is 17.7. The van der Waals surface area contributed by atoms with E-state index in [2.05, 4.69) is 47.9 Å². The van der Waals surface area contributed by atoms with Gasteiger partial charge in [0.15, 0.2) is 11.5 Å². The van der Waals surface area contributed by atoms with Gasteiger partial charge in [-0.15, -0.1) is 0 Å². The number of ether oxygens (including phenoxy) is 3. The van der Waals surface area contributed by atoms with Crippen molar-refractivity contribution in [2.24, 2.45) is 0 Å². The summed E-state index contributed by atoms with van der Waals surface area (Å²) in [6, 6.07) is 28.1. The van der Waals surface area contributed by atoms with Crippen molar-refractivity contribution in [1.29, 1.82) is 5.26 Å². The van der Waals surface area contributed by atoms with Gasteiger partial charge in [0, 0.05) is 36.4 Å². The van der Waals surface area contributed by atoms with E-state index in [0.717, 1.165) is 45.2 Å². The number of anilines is 1. The van der Waals surface area contributed by atoms with Crippen LogP contribution in [0, 0.1) is 18.3 Å². The summed E-state index contributed by atoms with van der Waals surface area (Å²) in [4.78, 5) is 0. The summed E-state index contributed by atoms with van der Waals surface area (Å²) in [5.74, 6) is 2.32. The summed E-state index contributed by atoms with van der Waals surface area (Å²) in [7, 11) is 0. The van der Waals surface area contributed by atoms with Crippen LogP contribution in [0.15, 0.2) is 78.9 Å². The van der Waals surface area contributed by atoms with Crippen molar-refractivity contribution in [2.45, 2.75) is 39.6 Å². The van der Waals surface area contributed by atoms with Crippen LogP contribution in [0.2, 0.25) is 0 Å². The number of nitriles is 1. The van der Waals surface area contributed by atoms with Crippen LogP contribution < -0.4 is 24.8 Å². The Morgan fingerprint density at radius 3 is 2.59 bits per heavy atom. The molecule has 1 atom stereocenters. The molecule has 1 heterocycles. The Labute approximate surface area is 241 Å². The maximum absolute atomic E-state index is 9.43. The zero-order chi connectivity index (χ0) is 28.6. The van der Waals surface area contributed by atoms with Gasteiger partial charge in [-0.3, -0.25) is 0 Å². The molecule has 0 aliphatic carbocycles. The molecule has 0 saturated carbocycles. The normalized spacial score (nSPS) is 12.8. The van der Waals surface area contributed by atoms with Crippen LogP contribution >= 0.6 is 0 Å². The van der Waals surface area contributed by atoms with Crippen molar-refractivity contribution in [3.8, 4) is 34.4 Å². The molecule has 0 amide bonds. The van der Waals surface area contributed by atoms with Gasteiger partial charge in [-0.1, -0.05) is 42.5 Å². The second-order valence-electron chi connectivity index (χ2n) is 10.2. The minimum absolute atomic E-state index is 0.0302. The molecule has 3 N–H and O–H groups in total. The maximum Gasteiger partial charge on any atom is 0.161 e. The lowest BCUT2D eigenvalue weighted by Gasteiger charge is -2.20. The zero-order valence-electron chi connectivity index (χ0n) is 23.4. The largest absolute Gasteiger partial charge is 0.488 e. The van der Waals surface area contributed by atoms with Crippen molar-refractivity contribution < 1.29 is 19.3 Å². The third-order valence-electron chi connectivity index (χ3n) is 7.21. The standard InChI is InChI=1S/C34H35N3O4/c1-23(21-38)36-20-29-9-11-30(17-33(29)41-22-26-6-3-5-25(15-26)18-35)37-19-28-7-4-8-31(24(28)2)27-10-12-32-34(16-27)40-14-13-39-32/h3-12,15-17,23,36-38H,13-14,19-22H2,1-2H3/t23-/m0/s1. The molecular formula is C34H35N3O4. The maximum atomic E-state index is 9.43. The smallest absolute Gasteiger partial charge is 0.161 e. The monoisotopic (exact) mass is 549 g/mol. The molecule has 7 heteroatoms.